The zero-order valence-corrected chi connectivity index (χ0v) is 20.3. The van der Waals surface area contributed by atoms with Gasteiger partial charge in [-0.15, -0.1) is 35.3 Å². The summed E-state index contributed by atoms with van der Waals surface area (Å²) in [6.07, 6.45) is 0. The van der Waals surface area contributed by atoms with Gasteiger partial charge in [-0.3, -0.25) is 9.79 Å². The van der Waals surface area contributed by atoms with Gasteiger partial charge in [-0.25, -0.2) is 4.98 Å². The van der Waals surface area contributed by atoms with E-state index in [0.717, 1.165) is 36.9 Å². The Labute approximate surface area is 193 Å². The molecule has 1 saturated heterocycles. The first-order valence-corrected chi connectivity index (χ1v) is 10.3. The number of thiazole rings is 1. The first-order valence-electron chi connectivity index (χ1n) is 9.52. The number of aromatic nitrogens is 1. The summed E-state index contributed by atoms with van der Waals surface area (Å²) in [6, 6.07) is 10.3. The number of aryl methyl sites for hydroxylation is 2. The fourth-order valence-electron chi connectivity index (χ4n) is 3.25. The smallest absolute Gasteiger partial charge is 0.242 e. The zero-order chi connectivity index (χ0) is 19.9. The lowest BCUT2D eigenvalue weighted by molar-refractivity contribution is -0.130. The Morgan fingerprint density at radius 3 is 2.41 bits per heavy atom. The first kappa shape index (κ1) is 23.4. The van der Waals surface area contributed by atoms with Gasteiger partial charge in [0.05, 0.1) is 23.8 Å². The third kappa shape index (κ3) is 6.56. The second-order valence-electron chi connectivity index (χ2n) is 6.72. The van der Waals surface area contributed by atoms with Crippen LogP contribution in [0.5, 0.6) is 0 Å². The Bertz CT molecular complexity index is 818. The summed E-state index contributed by atoms with van der Waals surface area (Å²) in [7, 11) is 1.71. The van der Waals surface area contributed by atoms with Gasteiger partial charge in [0.15, 0.2) is 5.96 Å². The molecule has 1 aliphatic rings. The quantitative estimate of drug-likeness (QED) is 0.355. The topological polar surface area (TPSA) is 72.9 Å². The van der Waals surface area contributed by atoms with Crippen LogP contribution in [0.25, 0.3) is 0 Å². The average Bonchev–Trinajstić information content (AvgIpc) is 3.05. The average molecular weight is 528 g/mol. The lowest BCUT2D eigenvalue weighted by Gasteiger charge is -2.36. The molecule has 0 radical (unpaired) electrons. The van der Waals surface area contributed by atoms with Crippen LogP contribution in [-0.4, -0.2) is 61.5 Å². The van der Waals surface area contributed by atoms with Gasteiger partial charge in [0.1, 0.15) is 0 Å². The van der Waals surface area contributed by atoms with Crippen LogP contribution in [0.15, 0.2) is 35.3 Å². The number of nitrogens with one attached hydrogen (secondary N) is 2. The van der Waals surface area contributed by atoms with E-state index in [0.29, 0.717) is 12.5 Å². The maximum atomic E-state index is 12.5. The molecule has 1 aliphatic heterocycles. The molecule has 1 fully saturated rings. The molecule has 1 aromatic heterocycles. The Morgan fingerprint density at radius 2 is 1.83 bits per heavy atom. The highest BCUT2D eigenvalue weighted by molar-refractivity contribution is 14.0. The van der Waals surface area contributed by atoms with Crippen molar-refractivity contribution in [1.29, 1.82) is 0 Å². The number of rotatable bonds is 5. The predicted octanol–water partition coefficient (Wildman–Crippen LogP) is 2.39. The zero-order valence-electron chi connectivity index (χ0n) is 17.1. The summed E-state index contributed by atoms with van der Waals surface area (Å²) in [6.45, 7) is 8.09. The predicted molar refractivity (Wildman–Crippen MR) is 130 cm³/mol. The monoisotopic (exact) mass is 528 g/mol. The molecule has 1 amide bonds. The van der Waals surface area contributed by atoms with E-state index in [9.17, 15) is 4.79 Å². The van der Waals surface area contributed by atoms with Crippen molar-refractivity contribution in [3.05, 3.63) is 45.9 Å². The molecular weight excluding hydrogens is 499 g/mol. The Hall–Kier alpha value is -1.88. The van der Waals surface area contributed by atoms with Crippen molar-refractivity contribution in [2.75, 3.05) is 44.7 Å². The highest BCUT2D eigenvalue weighted by Crippen LogP contribution is 2.17. The number of guanidine groups is 1. The minimum Gasteiger partial charge on any atom is -0.368 e. The summed E-state index contributed by atoms with van der Waals surface area (Å²) in [4.78, 5) is 26.6. The number of para-hydroxylation sites is 1. The summed E-state index contributed by atoms with van der Waals surface area (Å²) in [5, 5.41) is 7.44. The summed E-state index contributed by atoms with van der Waals surface area (Å²) in [5.74, 6) is 0.724. The molecule has 1 aromatic carbocycles. The Balaban J connectivity index is 0.00000300. The molecule has 0 aliphatic carbocycles. The van der Waals surface area contributed by atoms with Gasteiger partial charge in [-0.1, -0.05) is 18.2 Å². The fourth-order valence-corrected chi connectivity index (χ4v) is 4.12. The van der Waals surface area contributed by atoms with Crippen molar-refractivity contribution in [2.24, 2.45) is 4.99 Å². The number of carbonyl (C=O) groups excluding carboxylic acids is 1. The maximum Gasteiger partial charge on any atom is 0.242 e. The molecule has 29 heavy (non-hydrogen) atoms. The normalized spacial score (nSPS) is 14.4. The molecule has 2 N–H and O–H groups in total. The number of hydrogen-bond donors (Lipinski definition) is 2. The van der Waals surface area contributed by atoms with E-state index in [2.05, 4.69) is 37.6 Å². The maximum absolute atomic E-state index is 12.5. The van der Waals surface area contributed by atoms with E-state index in [-0.39, 0.29) is 36.4 Å². The molecule has 158 valence electrons. The van der Waals surface area contributed by atoms with Crippen LogP contribution in [0, 0.1) is 13.8 Å². The van der Waals surface area contributed by atoms with E-state index in [1.165, 1.54) is 10.6 Å². The van der Waals surface area contributed by atoms with Crippen molar-refractivity contribution >= 4 is 52.9 Å². The van der Waals surface area contributed by atoms with Gasteiger partial charge < -0.3 is 20.4 Å². The van der Waals surface area contributed by atoms with Gasteiger partial charge >= 0.3 is 0 Å². The van der Waals surface area contributed by atoms with Crippen LogP contribution in [0.3, 0.4) is 0 Å². The van der Waals surface area contributed by atoms with Crippen molar-refractivity contribution in [3.63, 3.8) is 0 Å². The SMILES string of the molecule is CN=C(NCC(=O)N1CCN(c2ccccc2)CC1)NCc1sc(C)nc1C.I. The molecular formula is C20H29IN6OS. The fraction of sp³-hybridized carbons (Fsp3) is 0.450. The standard InChI is InChI=1S/C20H28N6OS.HI/c1-15-18(28-16(2)24-15)13-22-20(21-3)23-14-19(27)26-11-9-25(10-12-26)17-7-5-4-6-8-17;/h4-8H,9-14H2,1-3H3,(H2,21,22,23);1H. The number of anilines is 1. The number of amides is 1. The minimum atomic E-state index is 0. The number of halogens is 1. The Morgan fingerprint density at radius 1 is 1.14 bits per heavy atom. The molecule has 2 heterocycles. The minimum absolute atomic E-state index is 0. The number of aliphatic imine (C=N–C) groups is 1. The van der Waals surface area contributed by atoms with Crippen molar-refractivity contribution in [2.45, 2.75) is 20.4 Å². The first-order chi connectivity index (χ1) is 13.6. The number of nitrogens with zero attached hydrogens (tertiary/aromatic N) is 4. The molecule has 2 aromatic rings. The number of hydrogen-bond acceptors (Lipinski definition) is 5. The highest BCUT2D eigenvalue weighted by atomic mass is 127. The van der Waals surface area contributed by atoms with E-state index in [4.69, 9.17) is 0 Å². The van der Waals surface area contributed by atoms with Gasteiger partial charge in [0.2, 0.25) is 5.91 Å². The van der Waals surface area contributed by atoms with E-state index in [1.807, 2.05) is 36.9 Å². The molecule has 0 saturated carbocycles. The lowest BCUT2D eigenvalue weighted by atomic mass is 10.2. The molecule has 0 atom stereocenters. The number of carbonyl (C=O) groups is 1. The molecule has 0 bridgehead atoms. The highest BCUT2D eigenvalue weighted by Gasteiger charge is 2.21. The van der Waals surface area contributed by atoms with Crippen LogP contribution in [0.4, 0.5) is 5.69 Å². The van der Waals surface area contributed by atoms with E-state index < -0.39 is 0 Å². The van der Waals surface area contributed by atoms with Crippen LogP contribution in [-0.2, 0) is 11.3 Å². The molecule has 3 rings (SSSR count). The molecule has 0 spiro atoms. The lowest BCUT2D eigenvalue weighted by Crippen LogP contribution is -2.52. The van der Waals surface area contributed by atoms with Crippen LogP contribution in [0.1, 0.15) is 15.6 Å². The third-order valence-corrected chi connectivity index (χ3v) is 5.87. The van der Waals surface area contributed by atoms with E-state index >= 15 is 0 Å². The van der Waals surface area contributed by atoms with Crippen LogP contribution < -0.4 is 15.5 Å². The number of piperazine rings is 1. The van der Waals surface area contributed by atoms with Gasteiger partial charge in [-0.05, 0) is 26.0 Å². The van der Waals surface area contributed by atoms with Crippen LogP contribution in [0.2, 0.25) is 0 Å². The Kier molecular flexibility index (Phi) is 9.15. The second-order valence-corrected chi connectivity index (χ2v) is 8.01. The number of benzene rings is 1. The summed E-state index contributed by atoms with van der Waals surface area (Å²) >= 11 is 1.68. The molecule has 0 unspecified atom stereocenters. The van der Waals surface area contributed by atoms with Gasteiger partial charge in [-0.2, -0.15) is 0 Å². The molecule has 9 heteroatoms. The summed E-state index contributed by atoms with van der Waals surface area (Å²) < 4.78 is 0. The van der Waals surface area contributed by atoms with E-state index in [1.54, 1.807) is 18.4 Å². The van der Waals surface area contributed by atoms with Gasteiger partial charge in [0.25, 0.3) is 0 Å². The molecule has 7 nitrogen and oxygen atoms in total. The van der Waals surface area contributed by atoms with Crippen molar-refractivity contribution < 1.29 is 4.79 Å². The van der Waals surface area contributed by atoms with Crippen LogP contribution >= 0.6 is 35.3 Å². The second kappa shape index (κ2) is 11.3. The van der Waals surface area contributed by atoms with Crippen molar-refractivity contribution in [3.8, 4) is 0 Å². The van der Waals surface area contributed by atoms with Crippen molar-refractivity contribution in [1.82, 2.24) is 20.5 Å². The largest absolute Gasteiger partial charge is 0.368 e. The summed E-state index contributed by atoms with van der Waals surface area (Å²) in [5.41, 5.74) is 2.25. The third-order valence-electron chi connectivity index (χ3n) is 4.80. The van der Waals surface area contributed by atoms with Gasteiger partial charge in [0, 0.05) is 43.8 Å².